The zero-order valence-corrected chi connectivity index (χ0v) is 33.1. The Morgan fingerprint density at radius 3 is 2.19 bits per heavy atom. The number of pyridine rings is 2. The minimum Gasteiger partial charge on any atom is -0.500 e. The van der Waals surface area contributed by atoms with Gasteiger partial charge in [-0.05, 0) is 45.4 Å². The van der Waals surface area contributed by atoms with Crippen molar-refractivity contribution in [3.05, 3.63) is 151 Å². The Morgan fingerprint density at radius 2 is 1.40 bits per heavy atom. The quantitative estimate of drug-likeness (QED) is 0.131. The number of hydrogen-bond donors (Lipinski definition) is 0. The predicted octanol–water partition coefficient (Wildman–Crippen LogP) is 11.7. The van der Waals surface area contributed by atoms with Crippen molar-refractivity contribution in [2.75, 3.05) is 0 Å². The number of benzene rings is 5. The number of fused-ring (bicyclic) bond motifs is 10. The van der Waals surface area contributed by atoms with Crippen molar-refractivity contribution < 1.29 is 28.9 Å². The summed E-state index contributed by atoms with van der Waals surface area (Å²) in [5.74, 6) is 0. The fourth-order valence-electron chi connectivity index (χ4n) is 7.73. The van der Waals surface area contributed by atoms with E-state index in [0.29, 0.717) is 0 Å². The molecule has 4 nitrogen and oxygen atoms in total. The second kappa shape index (κ2) is 12.8. The zero-order chi connectivity index (χ0) is 34.9. The Kier molecular flexibility index (Phi) is 8.38. The van der Waals surface area contributed by atoms with Crippen LogP contribution >= 0.6 is 0 Å². The molecule has 52 heavy (non-hydrogen) atoms. The summed E-state index contributed by atoms with van der Waals surface area (Å²) in [5.41, 5.74) is 12.3. The zero-order valence-electron chi connectivity index (χ0n) is 29.7. The molecule has 10 rings (SSSR count). The van der Waals surface area contributed by atoms with E-state index in [4.69, 9.17) is 13.8 Å². The molecule has 0 spiro atoms. The van der Waals surface area contributed by atoms with Crippen LogP contribution in [0.25, 0.3) is 77.5 Å². The van der Waals surface area contributed by atoms with Crippen LogP contribution in [0.1, 0.15) is 25.0 Å². The van der Waals surface area contributed by atoms with E-state index >= 15 is 0 Å². The molecule has 1 aliphatic carbocycles. The minimum absolute atomic E-state index is 0. The van der Waals surface area contributed by atoms with Crippen molar-refractivity contribution in [1.29, 1.82) is 0 Å². The van der Waals surface area contributed by atoms with Gasteiger partial charge < -0.3 is 18.8 Å². The van der Waals surface area contributed by atoms with Crippen molar-refractivity contribution in [2.45, 2.75) is 38.9 Å². The smallest absolute Gasteiger partial charge is 0.134 e. The minimum atomic E-state index is -1.57. The third-order valence-corrected chi connectivity index (χ3v) is 12.2. The normalized spacial score (nSPS) is 13.1. The molecule has 0 saturated heterocycles. The Bertz CT molecular complexity index is 2720. The molecular weight excluding hydrogens is 833 g/mol. The third-order valence-electron chi connectivity index (χ3n) is 10.2. The van der Waals surface area contributed by atoms with Gasteiger partial charge in [0.15, 0.2) is 0 Å². The van der Waals surface area contributed by atoms with Gasteiger partial charge in [0.25, 0.3) is 0 Å². The van der Waals surface area contributed by atoms with E-state index in [1.165, 1.54) is 27.4 Å². The van der Waals surface area contributed by atoms with Crippen LogP contribution in [-0.4, -0.2) is 18.0 Å². The van der Waals surface area contributed by atoms with E-state index in [1.54, 1.807) is 6.20 Å². The van der Waals surface area contributed by atoms with E-state index in [-0.39, 0.29) is 25.5 Å². The molecule has 0 bridgehead atoms. The Hall–Kier alpha value is -5.13. The molecule has 9 aromatic rings. The van der Waals surface area contributed by atoms with Gasteiger partial charge in [0.2, 0.25) is 0 Å². The average Bonchev–Trinajstić information content (AvgIpc) is 3.79. The molecule has 4 heterocycles. The molecule has 257 valence electrons. The van der Waals surface area contributed by atoms with Gasteiger partial charge in [0.05, 0.1) is 13.7 Å². The monoisotopic (exact) mass is 869 g/mol. The maximum atomic E-state index is 6.79. The summed E-state index contributed by atoms with van der Waals surface area (Å²) in [4.78, 5) is 9.12. The number of hydrogen-bond acceptors (Lipinski definition) is 4. The maximum Gasteiger partial charge on any atom is 0.134 e. The van der Waals surface area contributed by atoms with E-state index in [0.717, 1.165) is 66.4 Å². The number of rotatable bonds is 3. The molecule has 0 unspecified atom stereocenters. The van der Waals surface area contributed by atoms with Crippen LogP contribution in [0.3, 0.4) is 0 Å². The van der Waals surface area contributed by atoms with Gasteiger partial charge in [0, 0.05) is 59.6 Å². The molecule has 0 atom stereocenters. The number of para-hydroxylation sites is 1. The van der Waals surface area contributed by atoms with E-state index < -0.39 is 8.07 Å². The predicted molar refractivity (Wildman–Crippen MR) is 212 cm³/mol. The van der Waals surface area contributed by atoms with Crippen LogP contribution in [0.5, 0.6) is 0 Å². The molecule has 0 aliphatic heterocycles. The summed E-state index contributed by atoms with van der Waals surface area (Å²) in [5, 5.41) is 5.72. The first-order chi connectivity index (χ1) is 24.7. The van der Waals surface area contributed by atoms with Gasteiger partial charge in [-0.1, -0.05) is 111 Å². The Balaban J connectivity index is 0.000000253. The molecule has 0 amide bonds. The molecule has 0 saturated carbocycles. The summed E-state index contributed by atoms with van der Waals surface area (Å²) < 4.78 is 13.3. The fraction of sp³-hybridized carbons (Fsp3) is 0.130. The summed E-state index contributed by atoms with van der Waals surface area (Å²) in [6, 6.07) is 46.0. The van der Waals surface area contributed by atoms with Crippen LogP contribution in [0.4, 0.5) is 0 Å². The van der Waals surface area contributed by atoms with Gasteiger partial charge in [-0.3, -0.25) is 0 Å². The van der Waals surface area contributed by atoms with Crippen molar-refractivity contribution >= 4 is 57.1 Å². The number of furan rings is 2. The van der Waals surface area contributed by atoms with Gasteiger partial charge in [0.1, 0.15) is 16.7 Å². The van der Waals surface area contributed by atoms with Gasteiger partial charge in [-0.15, -0.1) is 54.1 Å². The topological polar surface area (TPSA) is 52.1 Å². The fourth-order valence-corrected chi connectivity index (χ4v) is 9.20. The Morgan fingerprint density at radius 1 is 0.615 bits per heavy atom. The summed E-state index contributed by atoms with van der Waals surface area (Å²) in [6.07, 6.45) is 3.73. The molecule has 0 fully saturated rings. The summed E-state index contributed by atoms with van der Waals surface area (Å²) >= 11 is 0. The molecule has 1 radical (unpaired) electrons. The standard InChI is InChI=1S/C35H28NO2Si.C11H8N.Ir/c1-35(2)27-14-7-6-10-20(27)21-16-17-24-22-11-8-13-25(32(22)38-34(24)31(21)35)28-18-29-26(19-36-28)23-12-9-15-30(33(23)37-29)39(3,4)5;1-2-6-10(7-3-1)11-8-4-5-9-12-11;/h6-12,14-19H,1-5H3;1-6,8-9H;/q2*-1;. The van der Waals surface area contributed by atoms with Gasteiger partial charge >= 0.3 is 0 Å². The van der Waals surface area contributed by atoms with Crippen LogP contribution in [-0.2, 0) is 25.5 Å². The molecule has 4 aromatic heterocycles. The van der Waals surface area contributed by atoms with Crippen molar-refractivity contribution in [1.82, 2.24) is 9.97 Å². The van der Waals surface area contributed by atoms with Crippen molar-refractivity contribution in [3.8, 4) is 33.6 Å². The molecule has 5 aromatic carbocycles. The van der Waals surface area contributed by atoms with Crippen molar-refractivity contribution in [2.24, 2.45) is 0 Å². The first kappa shape index (κ1) is 34.0. The Labute approximate surface area is 317 Å². The number of nitrogens with zero attached hydrogens (tertiary/aromatic N) is 2. The SMILES string of the molecule is CC1(C)c2ccccc2-c2ccc3c(oc4c(-c5cc6oc7c([Si](C)(C)C)cccc7c6cn5)[c-]ccc43)c21.[Ir].[c-]1ccccc1-c1ccccn1. The van der Waals surface area contributed by atoms with E-state index in [2.05, 4.69) is 111 Å². The van der Waals surface area contributed by atoms with Crippen LogP contribution < -0.4 is 5.19 Å². The van der Waals surface area contributed by atoms with Gasteiger partial charge in [-0.2, -0.15) is 0 Å². The number of aromatic nitrogens is 2. The molecule has 6 heteroatoms. The molecule has 1 aliphatic rings. The largest absolute Gasteiger partial charge is 0.500 e. The van der Waals surface area contributed by atoms with E-state index in [9.17, 15) is 0 Å². The summed E-state index contributed by atoms with van der Waals surface area (Å²) in [6.45, 7) is 11.7. The van der Waals surface area contributed by atoms with E-state index in [1.807, 2.05) is 60.8 Å². The van der Waals surface area contributed by atoms with Crippen molar-refractivity contribution in [3.63, 3.8) is 0 Å². The summed E-state index contributed by atoms with van der Waals surface area (Å²) in [7, 11) is -1.57. The molecular formula is C46H36IrN2O2Si-2. The maximum absolute atomic E-state index is 6.79. The first-order valence-corrected chi connectivity index (χ1v) is 20.9. The third kappa shape index (κ3) is 5.45. The first-order valence-electron chi connectivity index (χ1n) is 17.4. The van der Waals surface area contributed by atoms with Crippen LogP contribution in [0, 0.1) is 12.1 Å². The average molecular weight is 869 g/mol. The second-order valence-corrected chi connectivity index (χ2v) is 19.9. The van der Waals surface area contributed by atoms with Crippen LogP contribution in [0.15, 0.2) is 136 Å². The molecule has 0 N–H and O–H groups in total. The second-order valence-electron chi connectivity index (χ2n) is 14.8. The van der Waals surface area contributed by atoms with Gasteiger partial charge in [-0.25, -0.2) is 0 Å². The van der Waals surface area contributed by atoms with Crippen LogP contribution in [0.2, 0.25) is 19.6 Å².